The molecule has 1 fully saturated rings. The summed E-state index contributed by atoms with van der Waals surface area (Å²) in [4.78, 5) is 34.8. The summed E-state index contributed by atoms with van der Waals surface area (Å²) in [6, 6.07) is 0. The van der Waals surface area contributed by atoms with Crippen LogP contribution in [-0.2, 0) is 14.4 Å². The largest absolute Gasteiger partial charge is 0.300 e. The Morgan fingerprint density at radius 3 is 2.41 bits per heavy atom. The highest BCUT2D eigenvalue weighted by Gasteiger charge is 2.44. The molecule has 0 radical (unpaired) electrons. The number of rotatable bonds is 7. The number of Topliss-reactive ketones (excluding diaryl/α,β-unsaturated/α-hetero) is 3. The van der Waals surface area contributed by atoms with Crippen LogP contribution < -0.4 is 0 Å². The highest BCUT2D eigenvalue weighted by molar-refractivity contribution is 6.12. The van der Waals surface area contributed by atoms with Crippen molar-refractivity contribution in [1.82, 2.24) is 0 Å². The fraction of sp³-hybridized carbons (Fsp3) is 0.643. The van der Waals surface area contributed by atoms with Gasteiger partial charge in [0.15, 0.2) is 0 Å². The van der Waals surface area contributed by atoms with Gasteiger partial charge in [-0.25, -0.2) is 0 Å². The van der Waals surface area contributed by atoms with Gasteiger partial charge in [0.25, 0.3) is 0 Å². The number of hydrogen-bond donors (Lipinski definition) is 0. The summed E-state index contributed by atoms with van der Waals surface area (Å²) >= 11 is 0. The van der Waals surface area contributed by atoms with Crippen LogP contribution in [0.4, 0.5) is 0 Å². The van der Waals surface area contributed by atoms with Crippen LogP contribution >= 0.6 is 0 Å². The Kier molecular flexibility index (Phi) is 4.79. The van der Waals surface area contributed by atoms with Crippen molar-refractivity contribution in [3.63, 3.8) is 0 Å². The highest BCUT2D eigenvalue weighted by Crippen LogP contribution is 2.35. The number of carbonyl (C=O) groups excluding carboxylic acids is 3. The molecule has 0 amide bonds. The van der Waals surface area contributed by atoms with Crippen LogP contribution in [0.25, 0.3) is 0 Å². The summed E-state index contributed by atoms with van der Waals surface area (Å²) in [5, 5.41) is 0. The Labute approximate surface area is 102 Å². The molecular formula is C14H20O3. The molecule has 0 aliphatic heterocycles. The molecule has 17 heavy (non-hydrogen) atoms. The SMILES string of the molecule is C=CCCCC(=O)CCC1(C)C(=O)CCC1=O. The minimum Gasteiger partial charge on any atom is -0.300 e. The second kappa shape index (κ2) is 5.89. The second-order valence-electron chi connectivity index (χ2n) is 4.90. The molecule has 1 rings (SSSR count). The maximum absolute atomic E-state index is 11.6. The normalized spacial score (nSPS) is 18.4. The van der Waals surface area contributed by atoms with E-state index in [2.05, 4.69) is 6.58 Å². The molecule has 1 aliphatic carbocycles. The number of ketones is 3. The summed E-state index contributed by atoms with van der Waals surface area (Å²) < 4.78 is 0. The zero-order chi connectivity index (χ0) is 12.9. The Morgan fingerprint density at radius 2 is 1.88 bits per heavy atom. The van der Waals surface area contributed by atoms with E-state index < -0.39 is 5.41 Å². The van der Waals surface area contributed by atoms with E-state index in [4.69, 9.17) is 0 Å². The van der Waals surface area contributed by atoms with Crippen molar-refractivity contribution in [1.29, 1.82) is 0 Å². The molecule has 0 atom stereocenters. The molecule has 0 heterocycles. The Bertz CT molecular complexity index is 325. The third kappa shape index (κ3) is 3.35. The van der Waals surface area contributed by atoms with Gasteiger partial charge in [-0.3, -0.25) is 14.4 Å². The smallest absolute Gasteiger partial charge is 0.146 e. The van der Waals surface area contributed by atoms with Crippen molar-refractivity contribution >= 4 is 17.3 Å². The zero-order valence-corrected chi connectivity index (χ0v) is 10.5. The summed E-state index contributed by atoms with van der Waals surface area (Å²) in [7, 11) is 0. The van der Waals surface area contributed by atoms with Gasteiger partial charge in [0.1, 0.15) is 17.3 Å². The lowest BCUT2D eigenvalue weighted by atomic mass is 9.81. The molecule has 3 nitrogen and oxygen atoms in total. The minimum absolute atomic E-state index is 0.00129. The number of carbonyl (C=O) groups is 3. The lowest BCUT2D eigenvalue weighted by Crippen LogP contribution is -2.29. The topological polar surface area (TPSA) is 51.2 Å². The first kappa shape index (κ1) is 13.8. The molecule has 94 valence electrons. The van der Waals surface area contributed by atoms with E-state index >= 15 is 0 Å². The van der Waals surface area contributed by atoms with Gasteiger partial charge in [0.2, 0.25) is 0 Å². The van der Waals surface area contributed by atoms with Crippen molar-refractivity contribution in [3.05, 3.63) is 12.7 Å². The summed E-state index contributed by atoms with van der Waals surface area (Å²) in [5.41, 5.74) is -0.881. The van der Waals surface area contributed by atoms with Crippen LogP contribution in [0.1, 0.15) is 51.9 Å². The van der Waals surface area contributed by atoms with E-state index in [1.54, 1.807) is 13.0 Å². The lowest BCUT2D eigenvalue weighted by Gasteiger charge is -2.19. The van der Waals surface area contributed by atoms with Crippen LogP contribution in [0.15, 0.2) is 12.7 Å². The minimum atomic E-state index is -0.881. The Hall–Kier alpha value is -1.25. The van der Waals surface area contributed by atoms with E-state index in [1.807, 2.05) is 0 Å². The van der Waals surface area contributed by atoms with Gasteiger partial charge < -0.3 is 0 Å². The second-order valence-corrected chi connectivity index (χ2v) is 4.90. The first-order valence-electron chi connectivity index (χ1n) is 6.20. The predicted octanol–water partition coefficient (Wildman–Crippen LogP) is 2.63. The first-order chi connectivity index (χ1) is 8.00. The fourth-order valence-corrected chi connectivity index (χ4v) is 2.17. The van der Waals surface area contributed by atoms with Crippen molar-refractivity contribution in [2.24, 2.45) is 5.41 Å². The molecule has 0 aromatic carbocycles. The molecule has 1 aliphatic rings. The molecule has 0 saturated heterocycles. The van der Waals surface area contributed by atoms with Gasteiger partial charge in [-0.2, -0.15) is 0 Å². The Morgan fingerprint density at radius 1 is 1.29 bits per heavy atom. The number of unbranched alkanes of at least 4 members (excludes halogenated alkanes) is 1. The van der Waals surface area contributed by atoms with Crippen LogP contribution in [0, 0.1) is 5.41 Å². The maximum Gasteiger partial charge on any atom is 0.146 e. The molecule has 1 saturated carbocycles. The summed E-state index contributed by atoms with van der Waals surface area (Å²) in [6.07, 6.45) is 5.37. The average Bonchev–Trinajstić information content (AvgIpc) is 2.55. The quantitative estimate of drug-likeness (QED) is 0.388. The van der Waals surface area contributed by atoms with Crippen molar-refractivity contribution in [2.75, 3.05) is 0 Å². The van der Waals surface area contributed by atoms with Gasteiger partial charge in [-0.05, 0) is 26.2 Å². The number of allylic oxidation sites excluding steroid dienone is 1. The summed E-state index contributed by atoms with van der Waals surface area (Å²) in [6.45, 7) is 5.28. The van der Waals surface area contributed by atoms with Crippen LogP contribution in [0.2, 0.25) is 0 Å². The molecule has 0 N–H and O–H groups in total. The zero-order valence-electron chi connectivity index (χ0n) is 10.5. The average molecular weight is 236 g/mol. The standard InChI is InChI=1S/C14H20O3/c1-3-4-5-6-11(15)9-10-14(2)12(16)7-8-13(14)17/h3H,1,4-10H2,2H3. The molecule has 0 aromatic rings. The highest BCUT2D eigenvalue weighted by atomic mass is 16.2. The van der Waals surface area contributed by atoms with Crippen molar-refractivity contribution in [2.45, 2.75) is 51.9 Å². The van der Waals surface area contributed by atoms with Crippen molar-refractivity contribution < 1.29 is 14.4 Å². The van der Waals surface area contributed by atoms with Crippen molar-refractivity contribution in [3.8, 4) is 0 Å². The molecule has 0 unspecified atom stereocenters. The maximum atomic E-state index is 11.6. The molecule has 3 heteroatoms. The fourth-order valence-electron chi connectivity index (χ4n) is 2.17. The third-order valence-corrected chi connectivity index (χ3v) is 3.58. The van der Waals surface area contributed by atoms with Crippen LogP contribution in [0.3, 0.4) is 0 Å². The molecule has 0 aromatic heterocycles. The van der Waals surface area contributed by atoms with E-state index in [-0.39, 0.29) is 17.3 Å². The van der Waals surface area contributed by atoms with Crippen LogP contribution in [0.5, 0.6) is 0 Å². The molecule has 0 bridgehead atoms. The van der Waals surface area contributed by atoms with E-state index in [1.165, 1.54) is 0 Å². The van der Waals surface area contributed by atoms with Crippen LogP contribution in [-0.4, -0.2) is 17.3 Å². The van der Waals surface area contributed by atoms with Gasteiger partial charge in [-0.15, -0.1) is 6.58 Å². The van der Waals surface area contributed by atoms with E-state index in [0.717, 1.165) is 12.8 Å². The third-order valence-electron chi connectivity index (χ3n) is 3.58. The van der Waals surface area contributed by atoms with E-state index in [9.17, 15) is 14.4 Å². The first-order valence-corrected chi connectivity index (χ1v) is 6.20. The summed E-state index contributed by atoms with van der Waals surface area (Å²) in [5.74, 6) is 0.142. The number of hydrogen-bond acceptors (Lipinski definition) is 3. The van der Waals surface area contributed by atoms with Gasteiger partial charge in [-0.1, -0.05) is 6.08 Å². The Balaban J connectivity index is 2.39. The predicted molar refractivity (Wildman–Crippen MR) is 65.6 cm³/mol. The molecular weight excluding hydrogens is 216 g/mol. The van der Waals surface area contributed by atoms with Gasteiger partial charge >= 0.3 is 0 Å². The lowest BCUT2D eigenvalue weighted by molar-refractivity contribution is -0.134. The van der Waals surface area contributed by atoms with Gasteiger partial charge in [0, 0.05) is 25.7 Å². The molecule has 0 spiro atoms. The monoisotopic (exact) mass is 236 g/mol. The van der Waals surface area contributed by atoms with E-state index in [0.29, 0.717) is 32.1 Å². The van der Waals surface area contributed by atoms with Gasteiger partial charge in [0.05, 0.1) is 5.41 Å².